The maximum atomic E-state index is 13.0. The Balaban J connectivity index is 2.25. The Morgan fingerprint density at radius 2 is 1.75 bits per heavy atom. The smallest absolute Gasteiger partial charge is 0.186 e. The standard InChI is InChI=1S/C21H22BrNO/c1-12-6-7-13-14(18(12)22)8-9-23-15(13)10-16(24)17-19(23)21(4,5)11-20(17,2)3/h6-10H,11H2,1-5H3. The fraction of sp³-hybridized carbons (Fsp3) is 0.381. The molecule has 0 saturated carbocycles. The zero-order chi connectivity index (χ0) is 17.4. The van der Waals surface area contributed by atoms with Crippen LogP contribution in [0.25, 0.3) is 16.3 Å². The molecule has 0 bridgehead atoms. The van der Waals surface area contributed by atoms with Crippen LogP contribution < -0.4 is 5.43 Å². The van der Waals surface area contributed by atoms with E-state index in [1.807, 2.05) is 6.07 Å². The molecule has 0 unspecified atom stereocenters. The van der Waals surface area contributed by atoms with Gasteiger partial charge in [0.05, 0.1) is 5.52 Å². The Bertz CT molecular complexity index is 1070. The highest BCUT2D eigenvalue weighted by atomic mass is 79.9. The fourth-order valence-electron chi connectivity index (χ4n) is 4.82. The van der Waals surface area contributed by atoms with Crippen LogP contribution in [0.5, 0.6) is 0 Å². The molecular formula is C21H22BrNO. The van der Waals surface area contributed by atoms with Gasteiger partial charge in [0.1, 0.15) is 0 Å². The first-order chi connectivity index (χ1) is 11.1. The van der Waals surface area contributed by atoms with E-state index in [2.05, 4.69) is 79.3 Å². The van der Waals surface area contributed by atoms with Gasteiger partial charge < -0.3 is 4.40 Å². The lowest BCUT2D eigenvalue weighted by molar-refractivity contribution is 0.397. The Hall–Kier alpha value is -1.61. The molecule has 0 amide bonds. The average molecular weight is 384 g/mol. The molecule has 1 aliphatic rings. The lowest BCUT2D eigenvalue weighted by Crippen LogP contribution is -2.23. The van der Waals surface area contributed by atoms with Crippen molar-refractivity contribution in [1.29, 1.82) is 0 Å². The fourth-order valence-corrected chi connectivity index (χ4v) is 5.30. The minimum atomic E-state index is -0.0834. The lowest BCUT2D eigenvalue weighted by atomic mass is 9.82. The van der Waals surface area contributed by atoms with Crippen molar-refractivity contribution in [2.24, 2.45) is 0 Å². The van der Waals surface area contributed by atoms with E-state index >= 15 is 0 Å². The molecule has 24 heavy (non-hydrogen) atoms. The van der Waals surface area contributed by atoms with Crippen molar-refractivity contribution in [3.63, 3.8) is 0 Å². The molecule has 0 atom stereocenters. The molecule has 124 valence electrons. The topological polar surface area (TPSA) is 21.5 Å². The van der Waals surface area contributed by atoms with Crippen LogP contribution in [0, 0.1) is 6.92 Å². The first kappa shape index (κ1) is 15.9. The molecule has 2 aromatic heterocycles. The maximum Gasteiger partial charge on any atom is 0.186 e. The first-order valence-corrected chi connectivity index (χ1v) is 9.21. The second-order valence-corrected chi connectivity index (χ2v) is 9.20. The van der Waals surface area contributed by atoms with E-state index in [9.17, 15) is 4.79 Å². The molecule has 3 aromatic rings. The van der Waals surface area contributed by atoms with E-state index in [1.165, 1.54) is 11.3 Å². The van der Waals surface area contributed by atoms with Crippen molar-refractivity contribution >= 4 is 32.2 Å². The summed E-state index contributed by atoms with van der Waals surface area (Å²) in [4.78, 5) is 13.0. The van der Waals surface area contributed by atoms with Crippen LogP contribution in [0.1, 0.15) is 50.9 Å². The van der Waals surface area contributed by atoms with Crippen LogP contribution in [-0.2, 0) is 10.8 Å². The Labute approximate surface area is 150 Å². The van der Waals surface area contributed by atoms with Crippen molar-refractivity contribution < 1.29 is 0 Å². The summed E-state index contributed by atoms with van der Waals surface area (Å²) in [5.41, 5.74) is 4.44. The van der Waals surface area contributed by atoms with Gasteiger partial charge in [-0.25, -0.2) is 0 Å². The van der Waals surface area contributed by atoms with E-state index in [-0.39, 0.29) is 16.3 Å². The van der Waals surface area contributed by atoms with Crippen LogP contribution >= 0.6 is 15.9 Å². The first-order valence-electron chi connectivity index (χ1n) is 8.42. The zero-order valence-electron chi connectivity index (χ0n) is 14.8. The second kappa shape index (κ2) is 4.72. The largest absolute Gasteiger partial charge is 0.319 e. The van der Waals surface area contributed by atoms with Gasteiger partial charge in [0.25, 0.3) is 0 Å². The SMILES string of the molecule is Cc1ccc2c(ccn3c4c(c(=O)cc23)C(C)(C)CC4(C)C)c1Br. The average Bonchev–Trinajstić information content (AvgIpc) is 2.68. The van der Waals surface area contributed by atoms with Crippen molar-refractivity contribution in [2.45, 2.75) is 51.9 Å². The molecule has 0 fully saturated rings. The van der Waals surface area contributed by atoms with E-state index in [4.69, 9.17) is 0 Å². The Morgan fingerprint density at radius 1 is 1.04 bits per heavy atom. The summed E-state index contributed by atoms with van der Waals surface area (Å²) in [6, 6.07) is 8.22. The number of aromatic nitrogens is 1. The minimum Gasteiger partial charge on any atom is -0.319 e. The quantitative estimate of drug-likeness (QED) is 0.470. The molecule has 0 radical (unpaired) electrons. The van der Waals surface area contributed by atoms with Gasteiger partial charge in [0, 0.05) is 38.8 Å². The maximum absolute atomic E-state index is 13.0. The Morgan fingerprint density at radius 3 is 2.46 bits per heavy atom. The zero-order valence-corrected chi connectivity index (χ0v) is 16.4. The van der Waals surface area contributed by atoms with E-state index in [0.717, 1.165) is 32.7 Å². The third kappa shape index (κ3) is 1.97. The van der Waals surface area contributed by atoms with Crippen LogP contribution in [0.2, 0.25) is 0 Å². The van der Waals surface area contributed by atoms with Gasteiger partial charge in [-0.3, -0.25) is 4.79 Å². The van der Waals surface area contributed by atoms with Crippen molar-refractivity contribution in [3.05, 3.63) is 62.0 Å². The highest BCUT2D eigenvalue weighted by molar-refractivity contribution is 9.10. The van der Waals surface area contributed by atoms with Crippen molar-refractivity contribution in [2.75, 3.05) is 0 Å². The van der Waals surface area contributed by atoms with Gasteiger partial charge in [-0.05, 0) is 51.7 Å². The number of nitrogens with zero attached hydrogens (tertiary/aromatic N) is 1. The third-order valence-electron chi connectivity index (χ3n) is 5.49. The molecule has 1 aromatic carbocycles. The number of aryl methyl sites for hydroxylation is 1. The van der Waals surface area contributed by atoms with Crippen LogP contribution in [0.3, 0.4) is 0 Å². The highest BCUT2D eigenvalue weighted by Gasteiger charge is 2.45. The number of pyridine rings is 2. The summed E-state index contributed by atoms with van der Waals surface area (Å²) in [6.07, 6.45) is 3.12. The molecule has 0 saturated heterocycles. The summed E-state index contributed by atoms with van der Waals surface area (Å²) in [6.45, 7) is 11.0. The van der Waals surface area contributed by atoms with Gasteiger partial charge >= 0.3 is 0 Å². The van der Waals surface area contributed by atoms with E-state index in [1.54, 1.807) is 0 Å². The number of hydrogen-bond acceptors (Lipinski definition) is 1. The lowest BCUT2D eigenvalue weighted by Gasteiger charge is -2.23. The van der Waals surface area contributed by atoms with Crippen molar-refractivity contribution in [3.8, 4) is 0 Å². The molecule has 0 spiro atoms. The van der Waals surface area contributed by atoms with Crippen molar-refractivity contribution in [1.82, 2.24) is 4.40 Å². The summed E-state index contributed by atoms with van der Waals surface area (Å²) in [5, 5.41) is 2.28. The summed E-state index contributed by atoms with van der Waals surface area (Å²) >= 11 is 3.70. The Kier molecular flexibility index (Phi) is 3.13. The highest BCUT2D eigenvalue weighted by Crippen LogP contribution is 2.48. The van der Waals surface area contributed by atoms with E-state index < -0.39 is 0 Å². The molecular weight excluding hydrogens is 362 g/mol. The monoisotopic (exact) mass is 383 g/mol. The predicted molar refractivity (Wildman–Crippen MR) is 104 cm³/mol. The van der Waals surface area contributed by atoms with Gasteiger partial charge in [-0.2, -0.15) is 0 Å². The molecule has 2 heterocycles. The number of halogens is 1. The van der Waals surface area contributed by atoms with Crippen LogP contribution in [-0.4, -0.2) is 4.40 Å². The number of hydrogen-bond donors (Lipinski definition) is 0. The molecule has 2 nitrogen and oxygen atoms in total. The molecule has 0 N–H and O–H groups in total. The summed E-state index contributed by atoms with van der Waals surface area (Å²) in [5.74, 6) is 0. The van der Waals surface area contributed by atoms with Crippen LogP contribution in [0.4, 0.5) is 0 Å². The van der Waals surface area contributed by atoms with Gasteiger partial charge in [0.2, 0.25) is 0 Å². The van der Waals surface area contributed by atoms with E-state index in [0.29, 0.717) is 0 Å². The van der Waals surface area contributed by atoms with Gasteiger partial charge in [-0.15, -0.1) is 0 Å². The molecule has 4 rings (SSSR count). The number of rotatable bonds is 0. The van der Waals surface area contributed by atoms with Crippen LogP contribution in [0.15, 0.2) is 39.7 Å². The minimum absolute atomic E-state index is 0.0161. The second-order valence-electron chi connectivity index (χ2n) is 8.41. The normalized spacial score (nSPS) is 18.2. The van der Waals surface area contributed by atoms with Gasteiger partial charge in [-0.1, -0.05) is 39.8 Å². The summed E-state index contributed by atoms with van der Waals surface area (Å²) < 4.78 is 3.35. The number of benzene rings is 1. The predicted octanol–water partition coefficient (Wildman–Crippen LogP) is 5.48. The molecule has 1 aliphatic carbocycles. The number of fused-ring (bicyclic) bond motifs is 5. The van der Waals surface area contributed by atoms with Gasteiger partial charge in [0.15, 0.2) is 5.43 Å². The third-order valence-corrected chi connectivity index (χ3v) is 6.54. The molecule has 0 aliphatic heterocycles. The molecule has 3 heteroatoms. The summed E-state index contributed by atoms with van der Waals surface area (Å²) in [7, 11) is 0.